The molecular formula is C19H16N2O3S. The van der Waals surface area contributed by atoms with E-state index in [9.17, 15) is 8.42 Å². The van der Waals surface area contributed by atoms with Crippen LogP contribution in [0.25, 0.3) is 11.1 Å². The van der Waals surface area contributed by atoms with Crippen molar-refractivity contribution < 1.29 is 12.8 Å². The third-order valence-electron chi connectivity index (χ3n) is 4.05. The zero-order chi connectivity index (χ0) is 18.1. The standard InChI is InChI=1S/C19H16N2O3S/c1-19(2,18-21-16-6-3-4-7-17(16)24-18)14-8-10-15(11-9-14)25(22,23)13-5-12-20/h3-11,13H,1-2H3. The van der Waals surface area contributed by atoms with E-state index in [2.05, 4.69) is 4.98 Å². The Morgan fingerprint density at radius 3 is 2.44 bits per heavy atom. The first-order valence-electron chi connectivity index (χ1n) is 7.62. The van der Waals surface area contributed by atoms with Crippen LogP contribution < -0.4 is 0 Å². The van der Waals surface area contributed by atoms with Crippen molar-refractivity contribution in [1.82, 2.24) is 4.98 Å². The molecule has 0 aliphatic heterocycles. The van der Waals surface area contributed by atoms with Crippen molar-refractivity contribution in [2.45, 2.75) is 24.2 Å². The number of para-hydroxylation sites is 2. The molecule has 0 radical (unpaired) electrons. The first-order valence-corrected chi connectivity index (χ1v) is 9.17. The largest absolute Gasteiger partial charge is 0.440 e. The minimum atomic E-state index is -3.61. The highest BCUT2D eigenvalue weighted by atomic mass is 32.2. The highest BCUT2D eigenvalue weighted by Gasteiger charge is 2.29. The van der Waals surface area contributed by atoms with E-state index in [4.69, 9.17) is 9.68 Å². The van der Waals surface area contributed by atoms with Crippen LogP contribution in [0.1, 0.15) is 25.3 Å². The Balaban J connectivity index is 1.98. The minimum absolute atomic E-state index is 0.135. The van der Waals surface area contributed by atoms with Crippen LogP contribution in [-0.4, -0.2) is 13.4 Å². The van der Waals surface area contributed by atoms with Gasteiger partial charge in [-0.05, 0) is 43.7 Å². The van der Waals surface area contributed by atoms with Gasteiger partial charge < -0.3 is 4.42 Å². The zero-order valence-electron chi connectivity index (χ0n) is 13.8. The number of rotatable bonds is 4. The SMILES string of the molecule is CC(C)(c1ccc(S(=O)(=O)C=CC#N)cc1)c1nc2ccccc2o1. The molecule has 0 atom stereocenters. The molecule has 0 fully saturated rings. The molecule has 1 heterocycles. The number of fused-ring (bicyclic) bond motifs is 1. The molecule has 0 amide bonds. The molecule has 6 heteroatoms. The molecule has 2 aromatic carbocycles. The van der Waals surface area contributed by atoms with Gasteiger partial charge in [-0.3, -0.25) is 0 Å². The van der Waals surface area contributed by atoms with Gasteiger partial charge in [0.05, 0.1) is 16.4 Å². The van der Waals surface area contributed by atoms with Crippen molar-refractivity contribution in [2.75, 3.05) is 0 Å². The number of nitriles is 1. The van der Waals surface area contributed by atoms with Crippen molar-refractivity contribution in [3.63, 3.8) is 0 Å². The molecule has 0 saturated carbocycles. The Morgan fingerprint density at radius 1 is 1.12 bits per heavy atom. The molecule has 3 aromatic rings. The van der Waals surface area contributed by atoms with E-state index in [1.165, 1.54) is 12.1 Å². The average Bonchev–Trinajstić information content (AvgIpc) is 3.05. The number of sulfone groups is 1. The molecule has 0 aliphatic carbocycles. The highest BCUT2D eigenvalue weighted by molar-refractivity contribution is 7.94. The first-order chi connectivity index (χ1) is 11.8. The maximum Gasteiger partial charge on any atom is 0.205 e. The summed E-state index contributed by atoms with van der Waals surface area (Å²) in [7, 11) is -3.61. The fraction of sp³-hybridized carbons (Fsp3) is 0.158. The van der Waals surface area contributed by atoms with Gasteiger partial charge in [0.25, 0.3) is 0 Å². The lowest BCUT2D eigenvalue weighted by atomic mass is 9.84. The third kappa shape index (κ3) is 3.19. The van der Waals surface area contributed by atoms with Gasteiger partial charge in [0.15, 0.2) is 5.58 Å². The van der Waals surface area contributed by atoms with Crippen LogP contribution in [0.2, 0.25) is 0 Å². The number of allylic oxidation sites excluding steroid dienone is 1. The van der Waals surface area contributed by atoms with Gasteiger partial charge in [-0.15, -0.1) is 0 Å². The third-order valence-corrected chi connectivity index (χ3v) is 5.48. The molecule has 0 saturated heterocycles. The van der Waals surface area contributed by atoms with Crippen LogP contribution >= 0.6 is 0 Å². The van der Waals surface area contributed by atoms with E-state index in [-0.39, 0.29) is 4.90 Å². The molecule has 126 valence electrons. The predicted molar refractivity (Wildman–Crippen MR) is 94.5 cm³/mol. The van der Waals surface area contributed by atoms with Crippen LogP contribution in [0.15, 0.2) is 69.3 Å². The van der Waals surface area contributed by atoms with Crippen LogP contribution in [0.3, 0.4) is 0 Å². The van der Waals surface area contributed by atoms with Crippen molar-refractivity contribution >= 4 is 20.9 Å². The van der Waals surface area contributed by atoms with Crippen LogP contribution in [0, 0.1) is 11.3 Å². The summed E-state index contributed by atoms with van der Waals surface area (Å²) in [5, 5.41) is 9.39. The van der Waals surface area contributed by atoms with Crippen LogP contribution in [0.4, 0.5) is 0 Å². The van der Waals surface area contributed by atoms with Crippen molar-refractivity contribution in [2.24, 2.45) is 0 Å². The van der Waals surface area contributed by atoms with E-state index in [1.54, 1.807) is 18.2 Å². The fourth-order valence-corrected chi connectivity index (χ4v) is 3.44. The number of hydrogen-bond acceptors (Lipinski definition) is 5. The number of nitrogens with zero attached hydrogens (tertiary/aromatic N) is 2. The van der Waals surface area contributed by atoms with E-state index in [0.29, 0.717) is 11.5 Å². The molecular weight excluding hydrogens is 336 g/mol. The maximum absolute atomic E-state index is 12.1. The molecule has 5 nitrogen and oxygen atoms in total. The quantitative estimate of drug-likeness (QED) is 0.664. The summed E-state index contributed by atoms with van der Waals surface area (Å²) >= 11 is 0. The summed E-state index contributed by atoms with van der Waals surface area (Å²) < 4.78 is 30.0. The molecule has 0 bridgehead atoms. The normalized spacial score (nSPS) is 12.5. The van der Waals surface area contributed by atoms with Gasteiger partial charge >= 0.3 is 0 Å². The summed E-state index contributed by atoms with van der Waals surface area (Å²) in [6.45, 7) is 3.94. The summed E-state index contributed by atoms with van der Waals surface area (Å²) in [6, 6.07) is 15.7. The predicted octanol–water partition coefficient (Wildman–Crippen LogP) is 3.96. The van der Waals surface area contributed by atoms with Crippen LogP contribution in [-0.2, 0) is 15.3 Å². The lowest BCUT2D eigenvalue weighted by Gasteiger charge is -2.21. The lowest BCUT2D eigenvalue weighted by Crippen LogP contribution is -2.19. The molecule has 0 N–H and O–H groups in total. The fourth-order valence-electron chi connectivity index (χ4n) is 2.52. The number of oxazole rings is 1. The summed E-state index contributed by atoms with van der Waals surface area (Å²) in [5.74, 6) is 0.564. The van der Waals surface area contributed by atoms with Crippen LogP contribution in [0.5, 0.6) is 0 Å². The van der Waals surface area contributed by atoms with Gasteiger partial charge in [0.2, 0.25) is 15.7 Å². The van der Waals surface area contributed by atoms with Gasteiger partial charge in [0, 0.05) is 11.5 Å². The monoisotopic (exact) mass is 352 g/mol. The molecule has 0 spiro atoms. The van der Waals surface area contributed by atoms with Crippen molar-refractivity contribution in [3.05, 3.63) is 71.5 Å². The second-order valence-corrected chi connectivity index (χ2v) is 7.95. The number of benzene rings is 2. The van der Waals surface area contributed by atoms with Crippen molar-refractivity contribution in [3.8, 4) is 6.07 Å². The number of aromatic nitrogens is 1. The van der Waals surface area contributed by atoms with Crippen molar-refractivity contribution in [1.29, 1.82) is 5.26 Å². The van der Waals surface area contributed by atoms with Gasteiger partial charge in [0.1, 0.15) is 5.52 Å². The van der Waals surface area contributed by atoms with E-state index < -0.39 is 15.3 Å². The van der Waals surface area contributed by atoms with E-state index in [0.717, 1.165) is 22.6 Å². The summed E-state index contributed by atoms with van der Waals surface area (Å²) in [4.78, 5) is 4.68. The zero-order valence-corrected chi connectivity index (χ0v) is 14.6. The molecule has 0 aliphatic rings. The Hall–Kier alpha value is -2.91. The summed E-state index contributed by atoms with van der Waals surface area (Å²) in [6.07, 6.45) is 0.950. The topological polar surface area (TPSA) is 84.0 Å². The smallest absolute Gasteiger partial charge is 0.205 e. The average molecular weight is 352 g/mol. The minimum Gasteiger partial charge on any atom is -0.440 e. The second kappa shape index (κ2) is 6.19. The maximum atomic E-state index is 12.1. The van der Waals surface area contributed by atoms with E-state index in [1.807, 2.05) is 38.1 Å². The Bertz CT molecular complexity index is 1050. The Morgan fingerprint density at radius 2 is 1.80 bits per heavy atom. The molecule has 3 rings (SSSR count). The highest BCUT2D eigenvalue weighted by Crippen LogP contribution is 2.33. The Labute approximate surface area is 146 Å². The second-order valence-electron chi connectivity index (χ2n) is 6.11. The Kier molecular flexibility index (Phi) is 4.19. The van der Waals surface area contributed by atoms with Gasteiger partial charge in [-0.1, -0.05) is 24.3 Å². The first kappa shape index (κ1) is 16.9. The molecule has 0 unspecified atom stereocenters. The lowest BCUT2D eigenvalue weighted by molar-refractivity contribution is 0.433. The molecule has 1 aromatic heterocycles. The van der Waals surface area contributed by atoms with Gasteiger partial charge in [-0.2, -0.15) is 5.26 Å². The summed E-state index contributed by atoms with van der Waals surface area (Å²) in [5.41, 5.74) is 1.85. The van der Waals surface area contributed by atoms with E-state index >= 15 is 0 Å². The van der Waals surface area contributed by atoms with Gasteiger partial charge in [-0.25, -0.2) is 13.4 Å². The molecule has 25 heavy (non-hydrogen) atoms. The number of hydrogen-bond donors (Lipinski definition) is 0.